The molecule has 3 amide bonds. The molecule has 34 heavy (non-hydrogen) atoms. The van der Waals surface area contributed by atoms with Crippen LogP contribution in [0.4, 0.5) is 14.9 Å². The number of carbonyl (C=O) groups excluding carboxylic acids is 2. The molecule has 1 aliphatic heterocycles. The van der Waals surface area contributed by atoms with Crippen LogP contribution in [0, 0.1) is 11.7 Å². The molecule has 0 spiro atoms. The Morgan fingerprint density at radius 2 is 2.12 bits per heavy atom. The lowest BCUT2D eigenvalue weighted by Crippen LogP contribution is -2.48. The van der Waals surface area contributed by atoms with E-state index in [1.54, 1.807) is 22.8 Å². The number of hydrogen-bond donors (Lipinski definition) is 2. The first-order valence-electron chi connectivity index (χ1n) is 11.5. The number of carbonyl (C=O) groups is 2. The normalized spacial score (nSPS) is 20.6. The van der Waals surface area contributed by atoms with Gasteiger partial charge in [0.1, 0.15) is 5.82 Å². The maximum absolute atomic E-state index is 13.2. The summed E-state index contributed by atoms with van der Waals surface area (Å²) in [6.07, 6.45) is 2.17. The second-order valence-corrected chi connectivity index (χ2v) is 8.77. The third-order valence-corrected chi connectivity index (χ3v) is 6.04. The summed E-state index contributed by atoms with van der Waals surface area (Å²) >= 11 is 0. The molecule has 2 heterocycles. The lowest BCUT2D eigenvalue weighted by atomic mass is 10.0. The van der Waals surface area contributed by atoms with Crippen LogP contribution in [-0.2, 0) is 22.7 Å². The van der Waals surface area contributed by atoms with Crippen molar-refractivity contribution in [2.24, 2.45) is 5.92 Å². The Balaban J connectivity index is 1.76. The van der Waals surface area contributed by atoms with E-state index in [2.05, 4.69) is 15.6 Å². The number of nitrogens with one attached hydrogen (secondary N) is 1. The Morgan fingerprint density at radius 3 is 2.82 bits per heavy atom. The quantitative estimate of drug-likeness (QED) is 0.684. The number of nitrogens with zero attached hydrogens (tertiary/aromatic N) is 5. The average Bonchev–Trinajstić information content (AvgIpc) is 3.27. The molecule has 10 nitrogen and oxygen atoms in total. The number of hydrogen-bond acceptors (Lipinski definition) is 6. The molecule has 0 aliphatic carbocycles. The second-order valence-electron chi connectivity index (χ2n) is 8.77. The molecule has 3 atom stereocenters. The Hall–Kier alpha value is -3.05. The minimum absolute atomic E-state index is 0.0446. The number of aliphatic hydroxyl groups excluding tert-OH is 1. The second kappa shape index (κ2) is 11.9. The van der Waals surface area contributed by atoms with Crippen molar-refractivity contribution in [3.63, 3.8) is 0 Å². The first kappa shape index (κ1) is 25.6. The molecule has 0 saturated carbocycles. The van der Waals surface area contributed by atoms with Crippen molar-refractivity contribution in [3.8, 4) is 0 Å². The van der Waals surface area contributed by atoms with Crippen molar-refractivity contribution in [2.45, 2.75) is 52.0 Å². The minimum Gasteiger partial charge on any atom is -0.394 e. The van der Waals surface area contributed by atoms with Crippen LogP contribution in [0.15, 0.2) is 30.5 Å². The van der Waals surface area contributed by atoms with Gasteiger partial charge in [0, 0.05) is 44.7 Å². The van der Waals surface area contributed by atoms with Crippen molar-refractivity contribution >= 4 is 17.6 Å². The van der Waals surface area contributed by atoms with Gasteiger partial charge in [0.2, 0.25) is 5.91 Å². The fraction of sp³-hybridized carbons (Fsp3) is 0.565. The van der Waals surface area contributed by atoms with E-state index in [0.717, 1.165) is 5.69 Å². The molecule has 2 N–H and O–H groups in total. The number of halogens is 1. The van der Waals surface area contributed by atoms with Gasteiger partial charge in [0.15, 0.2) is 0 Å². The Bertz CT molecular complexity index is 953. The molecule has 1 aromatic carbocycles. The fourth-order valence-corrected chi connectivity index (χ4v) is 3.85. The first-order chi connectivity index (χ1) is 16.3. The number of benzene rings is 1. The summed E-state index contributed by atoms with van der Waals surface area (Å²) in [5.74, 6) is -0.564. The molecular weight excluding hydrogens is 443 g/mol. The van der Waals surface area contributed by atoms with E-state index in [1.165, 1.54) is 29.2 Å². The molecule has 0 fully saturated rings. The topological polar surface area (TPSA) is 113 Å². The van der Waals surface area contributed by atoms with Crippen molar-refractivity contribution < 1.29 is 23.8 Å². The number of aliphatic hydroxyl groups is 1. The number of anilines is 1. The van der Waals surface area contributed by atoms with E-state index >= 15 is 0 Å². The van der Waals surface area contributed by atoms with Crippen LogP contribution in [0.1, 0.15) is 32.4 Å². The van der Waals surface area contributed by atoms with Crippen molar-refractivity contribution in [1.29, 1.82) is 0 Å². The number of likely N-dealkylation sites (N-methyl/N-ethyl adjacent to an activating group) is 1. The van der Waals surface area contributed by atoms with Crippen LogP contribution < -0.4 is 5.32 Å². The zero-order valence-corrected chi connectivity index (χ0v) is 19.9. The fourth-order valence-electron chi connectivity index (χ4n) is 3.85. The highest BCUT2D eigenvalue weighted by atomic mass is 19.1. The number of ether oxygens (including phenoxy) is 1. The predicted molar refractivity (Wildman–Crippen MR) is 123 cm³/mol. The average molecular weight is 477 g/mol. The summed E-state index contributed by atoms with van der Waals surface area (Å²) in [4.78, 5) is 28.8. The summed E-state index contributed by atoms with van der Waals surface area (Å²) in [6.45, 7) is 5.07. The van der Waals surface area contributed by atoms with Gasteiger partial charge in [-0.3, -0.25) is 4.79 Å². The van der Waals surface area contributed by atoms with Gasteiger partial charge in [0.25, 0.3) is 0 Å². The largest absolute Gasteiger partial charge is 0.394 e. The van der Waals surface area contributed by atoms with E-state index < -0.39 is 6.10 Å². The van der Waals surface area contributed by atoms with E-state index in [-0.39, 0.29) is 49.5 Å². The maximum Gasteiger partial charge on any atom is 0.321 e. The number of urea groups is 1. The molecule has 0 radical (unpaired) electrons. The van der Waals surface area contributed by atoms with Crippen LogP contribution in [-0.4, -0.2) is 80.7 Å². The number of rotatable bonds is 5. The molecule has 2 aromatic rings. The van der Waals surface area contributed by atoms with E-state index in [4.69, 9.17) is 4.74 Å². The summed E-state index contributed by atoms with van der Waals surface area (Å²) in [5, 5.41) is 20.5. The summed E-state index contributed by atoms with van der Waals surface area (Å²) in [6, 6.07) is 4.84. The minimum atomic E-state index is -0.409. The highest BCUT2D eigenvalue weighted by Gasteiger charge is 2.29. The SMILES string of the molecule is C[C@H](CO)N1C[C@H](C)[C@H](CN(C)C(=O)Nc2ccc(F)cc2)OCc2cnnn2CCCC1=O. The van der Waals surface area contributed by atoms with Gasteiger partial charge in [-0.05, 0) is 37.6 Å². The Morgan fingerprint density at radius 1 is 1.38 bits per heavy atom. The third-order valence-electron chi connectivity index (χ3n) is 6.04. The Labute approximate surface area is 198 Å². The number of aromatic nitrogens is 3. The maximum atomic E-state index is 13.2. The third kappa shape index (κ3) is 6.73. The van der Waals surface area contributed by atoms with Crippen molar-refractivity contribution in [2.75, 3.05) is 32.1 Å². The number of aryl methyl sites for hydroxylation is 1. The van der Waals surface area contributed by atoms with Gasteiger partial charge in [-0.2, -0.15) is 0 Å². The van der Waals surface area contributed by atoms with Crippen LogP contribution in [0.3, 0.4) is 0 Å². The van der Waals surface area contributed by atoms with Gasteiger partial charge in [-0.1, -0.05) is 12.1 Å². The molecule has 0 bridgehead atoms. The smallest absolute Gasteiger partial charge is 0.321 e. The monoisotopic (exact) mass is 476 g/mol. The van der Waals surface area contributed by atoms with Crippen LogP contribution in [0.5, 0.6) is 0 Å². The lowest BCUT2D eigenvalue weighted by molar-refractivity contribution is -0.136. The van der Waals surface area contributed by atoms with Gasteiger partial charge in [0.05, 0.1) is 37.3 Å². The Kier molecular flexibility index (Phi) is 8.94. The van der Waals surface area contributed by atoms with Gasteiger partial charge >= 0.3 is 6.03 Å². The zero-order chi connectivity index (χ0) is 24.7. The molecule has 3 rings (SSSR count). The van der Waals surface area contributed by atoms with Gasteiger partial charge < -0.3 is 25.0 Å². The van der Waals surface area contributed by atoms with Crippen LogP contribution in [0.25, 0.3) is 0 Å². The van der Waals surface area contributed by atoms with E-state index in [0.29, 0.717) is 31.6 Å². The standard InChI is InChI=1S/C23H33FN6O4/c1-16-12-29(17(2)14-31)22(32)5-4-10-30-20(11-25-27-30)15-34-21(16)13-28(3)23(33)26-19-8-6-18(24)7-9-19/h6-9,11,16-17,21,31H,4-5,10,12-15H2,1-3H3,(H,26,33)/t16-,17+,21-/m0/s1. The summed E-state index contributed by atoms with van der Waals surface area (Å²) in [5.41, 5.74) is 1.28. The first-order valence-corrected chi connectivity index (χ1v) is 11.5. The van der Waals surface area contributed by atoms with Crippen molar-refractivity contribution in [3.05, 3.63) is 42.0 Å². The molecule has 1 aromatic heterocycles. The van der Waals surface area contributed by atoms with Crippen molar-refractivity contribution in [1.82, 2.24) is 24.8 Å². The molecule has 11 heteroatoms. The molecule has 0 saturated heterocycles. The summed E-state index contributed by atoms with van der Waals surface area (Å²) in [7, 11) is 1.65. The summed E-state index contributed by atoms with van der Waals surface area (Å²) < 4.78 is 21.1. The van der Waals surface area contributed by atoms with Gasteiger partial charge in [-0.15, -0.1) is 5.10 Å². The van der Waals surface area contributed by atoms with E-state index in [9.17, 15) is 19.1 Å². The molecule has 1 aliphatic rings. The molecular formula is C23H33FN6O4. The zero-order valence-electron chi connectivity index (χ0n) is 19.9. The lowest BCUT2D eigenvalue weighted by Gasteiger charge is -2.35. The van der Waals surface area contributed by atoms with Gasteiger partial charge in [-0.25, -0.2) is 13.9 Å². The highest BCUT2D eigenvalue weighted by Crippen LogP contribution is 2.19. The van der Waals surface area contributed by atoms with Crippen LogP contribution >= 0.6 is 0 Å². The molecule has 0 unspecified atom stereocenters. The number of amides is 3. The number of fused-ring (bicyclic) bond motifs is 1. The predicted octanol–water partition coefficient (Wildman–Crippen LogP) is 2.11. The molecule has 186 valence electrons. The van der Waals surface area contributed by atoms with E-state index in [1.807, 2.05) is 13.8 Å². The highest BCUT2D eigenvalue weighted by molar-refractivity contribution is 5.89. The van der Waals surface area contributed by atoms with Crippen LogP contribution in [0.2, 0.25) is 0 Å².